The largest absolute Gasteiger partial charge is 0.503 e. The number of carbonyl (C=O) groups excluding carboxylic acids is 2. The Hall–Kier alpha value is -3.89. The minimum Gasteiger partial charge on any atom is -0.503 e. The van der Waals surface area contributed by atoms with Crippen molar-refractivity contribution in [3.8, 4) is 11.5 Å². The first-order valence-electron chi connectivity index (χ1n) is 11.2. The fourth-order valence-electron chi connectivity index (χ4n) is 4.59. The van der Waals surface area contributed by atoms with Crippen LogP contribution in [-0.4, -0.2) is 40.7 Å². The Labute approximate surface area is 214 Å². The van der Waals surface area contributed by atoms with E-state index in [-0.39, 0.29) is 22.7 Å². The summed E-state index contributed by atoms with van der Waals surface area (Å²) in [5, 5.41) is 21.1. The van der Waals surface area contributed by atoms with Gasteiger partial charge in [-0.15, -0.1) is 0 Å². The monoisotopic (exact) mass is 552 g/mol. The van der Waals surface area contributed by atoms with E-state index in [1.165, 1.54) is 24.3 Å². The number of rotatable bonds is 6. The number of aromatic carboxylic acids is 1. The van der Waals surface area contributed by atoms with Gasteiger partial charge in [-0.2, -0.15) is 0 Å². The number of carboxylic acid groups (broad SMARTS) is 1. The molecule has 2 fully saturated rings. The first-order valence-corrected chi connectivity index (χ1v) is 12.0. The van der Waals surface area contributed by atoms with E-state index < -0.39 is 35.8 Å². The van der Waals surface area contributed by atoms with Crippen molar-refractivity contribution in [2.45, 2.75) is 19.1 Å². The van der Waals surface area contributed by atoms with Crippen LogP contribution >= 0.6 is 15.9 Å². The standard InChI is InChI=1S/C26H21BrN2O7/c1-2-35-19-13-15(12-18(27)22(19)30)21-20-23(36-29(21)17-6-4-3-5-7-17)25(32)28(24(20)31)16-10-8-14(9-11-16)26(33)34/h3-13,20-21,23,30H,2H2,1H3,(H,33,34). The van der Waals surface area contributed by atoms with Gasteiger partial charge in [0.15, 0.2) is 17.6 Å². The maximum Gasteiger partial charge on any atom is 0.335 e. The molecular formula is C26H21BrN2O7. The molecule has 2 aliphatic rings. The predicted octanol–water partition coefficient (Wildman–Crippen LogP) is 4.30. The number of fused-ring (bicyclic) bond motifs is 1. The van der Waals surface area contributed by atoms with Crippen LogP contribution in [0.1, 0.15) is 28.9 Å². The van der Waals surface area contributed by atoms with Gasteiger partial charge in [-0.1, -0.05) is 18.2 Å². The molecule has 184 valence electrons. The van der Waals surface area contributed by atoms with E-state index in [4.69, 9.17) is 9.57 Å². The molecule has 2 heterocycles. The summed E-state index contributed by atoms with van der Waals surface area (Å²) in [7, 11) is 0. The van der Waals surface area contributed by atoms with Crippen molar-refractivity contribution in [3.05, 3.63) is 82.3 Å². The van der Waals surface area contributed by atoms with Crippen molar-refractivity contribution < 1.29 is 34.2 Å². The number of amides is 2. The van der Waals surface area contributed by atoms with E-state index in [2.05, 4.69) is 15.9 Å². The van der Waals surface area contributed by atoms with E-state index in [1.807, 2.05) is 30.3 Å². The Kier molecular flexibility index (Phi) is 6.15. The molecule has 5 rings (SSSR count). The summed E-state index contributed by atoms with van der Waals surface area (Å²) in [5.41, 5.74) is 1.56. The highest BCUT2D eigenvalue weighted by Crippen LogP contribution is 2.49. The van der Waals surface area contributed by atoms with E-state index in [9.17, 15) is 24.6 Å². The van der Waals surface area contributed by atoms with Crippen LogP contribution in [0, 0.1) is 5.92 Å². The van der Waals surface area contributed by atoms with Gasteiger partial charge in [0.1, 0.15) is 5.92 Å². The summed E-state index contributed by atoms with van der Waals surface area (Å²) in [4.78, 5) is 45.5. The van der Waals surface area contributed by atoms with Crippen LogP contribution in [0.2, 0.25) is 0 Å². The molecule has 10 heteroatoms. The maximum absolute atomic E-state index is 13.7. The lowest BCUT2D eigenvalue weighted by Gasteiger charge is -2.29. The van der Waals surface area contributed by atoms with Gasteiger partial charge in [0, 0.05) is 0 Å². The number of phenols is 1. The number of hydrogen-bond acceptors (Lipinski definition) is 7. The molecule has 2 amide bonds. The maximum atomic E-state index is 13.7. The third-order valence-corrected chi connectivity index (χ3v) is 6.80. The molecule has 0 radical (unpaired) electrons. The van der Waals surface area contributed by atoms with Gasteiger partial charge in [0.05, 0.1) is 34.1 Å². The quantitative estimate of drug-likeness (QED) is 0.434. The Morgan fingerprint density at radius 2 is 1.72 bits per heavy atom. The topological polar surface area (TPSA) is 117 Å². The molecule has 3 aromatic carbocycles. The lowest BCUT2D eigenvalue weighted by atomic mass is 9.90. The number of imide groups is 1. The van der Waals surface area contributed by atoms with Crippen LogP contribution in [-0.2, 0) is 14.4 Å². The minimum absolute atomic E-state index is 0.0415. The number of anilines is 2. The molecule has 3 atom stereocenters. The molecule has 0 aliphatic carbocycles. The van der Waals surface area contributed by atoms with Crippen LogP contribution < -0.4 is 14.7 Å². The summed E-state index contributed by atoms with van der Waals surface area (Å²) in [6, 6.07) is 17.2. The number of carbonyl (C=O) groups is 3. The first kappa shape index (κ1) is 23.8. The second-order valence-electron chi connectivity index (χ2n) is 8.30. The molecule has 3 unspecified atom stereocenters. The predicted molar refractivity (Wildman–Crippen MR) is 133 cm³/mol. The number of carboxylic acids is 1. The number of nitrogens with zero attached hydrogens (tertiary/aromatic N) is 2. The lowest BCUT2D eigenvalue weighted by Crippen LogP contribution is -2.37. The number of phenolic OH excluding ortho intramolecular Hbond substituents is 1. The van der Waals surface area contributed by atoms with E-state index in [0.29, 0.717) is 22.3 Å². The fraction of sp³-hybridized carbons (Fsp3) is 0.192. The summed E-state index contributed by atoms with van der Waals surface area (Å²) in [5.74, 6) is -2.87. The Morgan fingerprint density at radius 3 is 2.36 bits per heavy atom. The van der Waals surface area contributed by atoms with Gasteiger partial charge in [0.25, 0.3) is 5.91 Å². The van der Waals surface area contributed by atoms with Gasteiger partial charge in [0.2, 0.25) is 5.91 Å². The molecule has 2 saturated heterocycles. The van der Waals surface area contributed by atoms with Gasteiger partial charge in [-0.05, 0) is 76.9 Å². The third-order valence-electron chi connectivity index (χ3n) is 6.19. The van der Waals surface area contributed by atoms with Crippen molar-refractivity contribution in [2.24, 2.45) is 5.92 Å². The highest BCUT2D eigenvalue weighted by molar-refractivity contribution is 9.10. The van der Waals surface area contributed by atoms with Crippen molar-refractivity contribution in [1.82, 2.24) is 0 Å². The number of para-hydroxylation sites is 1. The van der Waals surface area contributed by atoms with Crippen LogP contribution in [0.4, 0.5) is 11.4 Å². The zero-order chi connectivity index (χ0) is 25.6. The van der Waals surface area contributed by atoms with Gasteiger partial charge in [-0.3, -0.25) is 14.4 Å². The van der Waals surface area contributed by atoms with Gasteiger partial charge >= 0.3 is 5.97 Å². The Morgan fingerprint density at radius 1 is 1.03 bits per heavy atom. The van der Waals surface area contributed by atoms with Crippen LogP contribution in [0.5, 0.6) is 11.5 Å². The molecule has 0 spiro atoms. The number of benzene rings is 3. The molecule has 0 aromatic heterocycles. The zero-order valence-electron chi connectivity index (χ0n) is 19.0. The van der Waals surface area contributed by atoms with Crippen molar-refractivity contribution in [2.75, 3.05) is 16.6 Å². The number of halogens is 1. The molecular weight excluding hydrogens is 532 g/mol. The molecule has 9 nitrogen and oxygen atoms in total. The second-order valence-corrected chi connectivity index (χ2v) is 9.16. The SMILES string of the molecule is CCOc1cc(C2C3C(=O)N(c4ccc(C(=O)O)cc4)C(=O)C3ON2c2ccccc2)cc(Br)c1O. The Balaban J connectivity index is 1.59. The fourth-order valence-corrected chi connectivity index (χ4v) is 5.05. The highest BCUT2D eigenvalue weighted by atomic mass is 79.9. The minimum atomic E-state index is -1.11. The van der Waals surface area contributed by atoms with E-state index in [1.54, 1.807) is 24.1 Å². The summed E-state index contributed by atoms with van der Waals surface area (Å²) < 4.78 is 5.96. The van der Waals surface area contributed by atoms with Gasteiger partial charge in [-0.25, -0.2) is 14.8 Å². The molecule has 2 aliphatic heterocycles. The molecule has 2 N–H and O–H groups in total. The zero-order valence-corrected chi connectivity index (χ0v) is 20.6. The smallest absolute Gasteiger partial charge is 0.335 e. The number of hydrogen-bond donors (Lipinski definition) is 2. The normalized spacial score (nSPS) is 21.1. The van der Waals surface area contributed by atoms with Crippen molar-refractivity contribution in [1.29, 1.82) is 0 Å². The summed E-state index contributed by atoms with van der Waals surface area (Å²) in [6.45, 7) is 2.11. The summed E-state index contributed by atoms with van der Waals surface area (Å²) >= 11 is 3.36. The van der Waals surface area contributed by atoms with Gasteiger partial charge < -0.3 is 14.9 Å². The number of hydroxylamine groups is 1. The average molecular weight is 553 g/mol. The van der Waals surface area contributed by atoms with Crippen LogP contribution in [0.25, 0.3) is 0 Å². The Bertz CT molecular complexity index is 1350. The highest BCUT2D eigenvalue weighted by Gasteiger charge is 2.60. The van der Waals surface area contributed by atoms with Crippen LogP contribution in [0.15, 0.2) is 71.2 Å². The lowest BCUT2D eigenvalue weighted by molar-refractivity contribution is -0.126. The van der Waals surface area contributed by atoms with Crippen LogP contribution in [0.3, 0.4) is 0 Å². The second kappa shape index (κ2) is 9.29. The number of aromatic hydroxyl groups is 1. The van der Waals surface area contributed by atoms with Crippen molar-refractivity contribution in [3.63, 3.8) is 0 Å². The summed E-state index contributed by atoms with van der Waals surface area (Å²) in [6.07, 6.45) is -1.09. The first-order chi connectivity index (χ1) is 17.3. The van der Waals surface area contributed by atoms with E-state index in [0.717, 1.165) is 4.90 Å². The molecule has 36 heavy (non-hydrogen) atoms. The number of ether oxygens (including phenoxy) is 1. The third kappa shape index (κ3) is 3.88. The van der Waals surface area contributed by atoms with Crippen molar-refractivity contribution >= 4 is 45.1 Å². The molecule has 3 aromatic rings. The van der Waals surface area contributed by atoms with E-state index >= 15 is 0 Å². The molecule has 0 saturated carbocycles. The molecule has 0 bridgehead atoms. The average Bonchev–Trinajstić information content (AvgIpc) is 3.38.